The van der Waals surface area contributed by atoms with Gasteiger partial charge in [0.1, 0.15) is 0 Å². The lowest BCUT2D eigenvalue weighted by molar-refractivity contribution is 0.602. The van der Waals surface area contributed by atoms with Crippen molar-refractivity contribution >= 4 is 15.5 Å². The van der Waals surface area contributed by atoms with Gasteiger partial charge in [-0.3, -0.25) is 0 Å². The summed E-state index contributed by atoms with van der Waals surface area (Å²) >= 11 is 0. The molecule has 1 aromatic rings. The Labute approximate surface area is 96.8 Å². The van der Waals surface area contributed by atoms with Gasteiger partial charge in [-0.25, -0.2) is 8.42 Å². The number of nitrogens with one attached hydrogen (secondary N) is 1. The summed E-state index contributed by atoms with van der Waals surface area (Å²) in [7, 11) is -2.80. The van der Waals surface area contributed by atoms with Crippen molar-refractivity contribution in [3.8, 4) is 0 Å². The van der Waals surface area contributed by atoms with Crippen LogP contribution in [0.5, 0.6) is 0 Å². The summed E-state index contributed by atoms with van der Waals surface area (Å²) in [5.41, 5.74) is 2.32. The van der Waals surface area contributed by atoms with Gasteiger partial charge < -0.3 is 5.32 Å². The third kappa shape index (κ3) is 2.55. The third-order valence-electron chi connectivity index (χ3n) is 2.99. The minimum atomic E-state index is -2.80. The van der Waals surface area contributed by atoms with E-state index in [4.69, 9.17) is 0 Å². The van der Waals surface area contributed by atoms with E-state index in [9.17, 15) is 8.42 Å². The van der Waals surface area contributed by atoms with Crippen LogP contribution in [0.25, 0.3) is 0 Å². The van der Waals surface area contributed by atoms with Gasteiger partial charge in [0, 0.05) is 11.7 Å². The first kappa shape index (κ1) is 11.5. The number of aryl methyl sites for hydroxylation is 1. The minimum Gasteiger partial charge on any atom is -0.381 e. The molecule has 1 aromatic carbocycles. The second-order valence-corrected chi connectivity index (χ2v) is 6.48. The molecule has 0 aliphatic carbocycles. The second-order valence-electron chi connectivity index (χ2n) is 4.25. The van der Waals surface area contributed by atoms with E-state index in [0.717, 1.165) is 18.5 Å². The van der Waals surface area contributed by atoms with Crippen molar-refractivity contribution in [2.75, 3.05) is 16.8 Å². The predicted molar refractivity (Wildman–Crippen MR) is 66.5 cm³/mol. The maximum absolute atomic E-state index is 11.3. The molecule has 3 nitrogen and oxygen atoms in total. The van der Waals surface area contributed by atoms with Crippen LogP contribution in [-0.2, 0) is 16.3 Å². The first-order valence-corrected chi connectivity index (χ1v) is 7.48. The van der Waals surface area contributed by atoms with Crippen molar-refractivity contribution < 1.29 is 8.42 Å². The monoisotopic (exact) mass is 239 g/mol. The molecule has 88 valence electrons. The fraction of sp³-hybridized carbons (Fsp3) is 0.500. The molecule has 1 aliphatic heterocycles. The maximum atomic E-state index is 11.3. The molecule has 0 radical (unpaired) electrons. The average Bonchev–Trinajstić information content (AvgIpc) is 2.59. The summed E-state index contributed by atoms with van der Waals surface area (Å²) in [5.74, 6) is 0.587. The molecule has 1 unspecified atom stereocenters. The lowest BCUT2D eigenvalue weighted by Crippen LogP contribution is -2.21. The van der Waals surface area contributed by atoms with Crippen LogP contribution in [0.1, 0.15) is 18.9 Å². The largest absolute Gasteiger partial charge is 0.381 e. The molecule has 16 heavy (non-hydrogen) atoms. The number of benzene rings is 1. The van der Waals surface area contributed by atoms with Crippen LogP contribution < -0.4 is 5.32 Å². The Kier molecular flexibility index (Phi) is 3.19. The highest BCUT2D eigenvalue weighted by molar-refractivity contribution is 7.91. The third-order valence-corrected chi connectivity index (χ3v) is 4.76. The van der Waals surface area contributed by atoms with Crippen LogP contribution in [0.15, 0.2) is 24.3 Å². The van der Waals surface area contributed by atoms with E-state index in [2.05, 4.69) is 18.3 Å². The topological polar surface area (TPSA) is 46.2 Å². The Bertz CT molecular complexity index is 468. The highest BCUT2D eigenvalue weighted by Gasteiger charge is 2.27. The van der Waals surface area contributed by atoms with E-state index in [1.54, 1.807) is 0 Å². The summed E-state index contributed by atoms with van der Waals surface area (Å²) in [5, 5.41) is 3.34. The van der Waals surface area contributed by atoms with Gasteiger partial charge in [0.05, 0.1) is 11.5 Å². The number of hydrogen-bond acceptors (Lipinski definition) is 3. The van der Waals surface area contributed by atoms with Crippen molar-refractivity contribution in [2.24, 2.45) is 0 Å². The van der Waals surface area contributed by atoms with Crippen molar-refractivity contribution in [3.05, 3.63) is 29.8 Å². The molecule has 0 bridgehead atoms. The molecule has 0 aromatic heterocycles. The zero-order valence-electron chi connectivity index (χ0n) is 9.44. The van der Waals surface area contributed by atoms with Gasteiger partial charge >= 0.3 is 0 Å². The second kappa shape index (κ2) is 4.45. The predicted octanol–water partition coefficient (Wildman–Crippen LogP) is 1.85. The Morgan fingerprint density at radius 3 is 2.75 bits per heavy atom. The highest BCUT2D eigenvalue weighted by Crippen LogP contribution is 2.21. The van der Waals surface area contributed by atoms with Crippen LogP contribution in [0.4, 0.5) is 5.69 Å². The van der Waals surface area contributed by atoms with Crippen LogP contribution >= 0.6 is 0 Å². The number of para-hydroxylation sites is 1. The van der Waals surface area contributed by atoms with Crippen LogP contribution in [0.2, 0.25) is 0 Å². The summed E-state index contributed by atoms with van der Waals surface area (Å²) in [6.45, 7) is 2.10. The van der Waals surface area contributed by atoms with Crippen molar-refractivity contribution in [1.82, 2.24) is 0 Å². The van der Waals surface area contributed by atoms with Crippen LogP contribution in [-0.4, -0.2) is 26.0 Å². The van der Waals surface area contributed by atoms with E-state index in [-0.39, 0.29) is 11.8 Å². The fourth-order valence-electron chi connectivity index (χ4n) is 2.10. The number of rotatable bonds is 3. The molecular formula is C12H17NO2S. The van der Waals surface area contributed by atoms with Crippen molar-refractivity contribution in [2.45, 2.75) is 25.8 Å². The fourth-order valence-corrected chi connectivity index (χ4v) is 3.77. The molecule has 1 aliphatic rings. The van der Waals surface area contributed by atoms with Crippen molar-refractivity contribution in [1.29, 1.82) is 0 Å². The molecule has 1 saturated heterocycles. The Morgan fingerprint density at radius 2 is 2.12 bits per heavy atom. The van der Waals surface area contributed by atoms with Crippen LogP contribution in [0.3, 0.4) is 0 Å². The Balaban J connectivity index is 2.10. The molecular weight excluding hydrogens is 222 g/mol. The summed E-state index contributed by atoms with van der Waals surface area (Å²) < 4.78 is 22.7. The van der Waals surface area contributed by atoms with E-state index in [1.807, 2.05) is 18.2 Å². The number of hydrogen-bond donors (Lipinski definition) is 1. The Hall–Kier alpha value is -1.03. The molecule has 1 atom stereocenters. The van der Waals surface area contributed by atoms with E-state index in [0.29, 0.717) is 5.75 Å². The molecule has 0 saturated carbocycles. The molecule has 4 heteroatoms. The highest BCUT2D eigenvalue weighted by atomic mass is 32.2. The maximum Gasteiger partial charge on any atom is 0.152 e. The quantitative estimate of drug-likeness (QED) is 0.875. The van der Waals surface area contributed by atoms with Gasteiger partial charge in [-0.15, -0.1) is 0 Å². The minimum absolute atomic E-state index is 0.0812. The van der Waals surface area contributed by atoms with Gasteiger partial charge in [0.15, 0.2) is 9.84 Å². The lowest BCUT2D eigenvalue weighted by Gasteiger charge is -2.15. The zero-order chi connectivity index (χ0) is 11.6. The molecule has 1 N–H and O–H groups in total. The summed E-state index contributed by atoms with van der Waals surface area (Å²) in [4.78, 5) is 0. The molecule has 1 heterocycles. The Morgan fingerprint density at radius 1 is 1.38 bits per heavy atom. The van der Waals surface area contributed by atoms with Crippen LogP contribution in [0, 0.1) is 0 Å². The average molecular weight is 239 g/mol. The van der Waals surface area contributed by atoms with Gasteiger partial charge in [-0.2, -0.15) is 0 Å². The normalized spacial score (nSPS) is 23.2. The zero-order valence-corrected chi connectivity index (χ0v) is 10.3. The molecule has 2 rings (SSSR count). The molecule has 0 amide bonds. The summed E-state index contributed by atoms with van der Waals surface area (Å²) in [6, 6.07) is 8.16. The lowest BCUT2D eigenvalue weighted by atomic mass is 10.1. The number of sulfone groups is 1. The first-order chi connectivity index (χ1) is 7.61. The standard InChI is InChI=1S/C12H17NO2S/c1-2-10-5-3-4-6-12(10)13-11-7-8-16(14,15)9-11/h3-6,11,13H,2,7-9H2,1H3. The van der Waals surface area contributed by atoms with Gasteiger partial charge in [0.2, 0.25) is 0 Å². The smallest absolute Gasteiger partial charge is 0.152 e. The van der Waals surface area contributed by atoms with Gasteiger partial charge in [-0.05, 0) is 24.5 Å². The number of anilines is 1. The van der Waals surface area contributed by atoms with Gasteiger partial charge in [-0.1, -0.05) is 25.1 Å². The molecule has 1 fully saturated rings. The van der Waals surface area contributed by atoms with E-state index < -0.39 is 9.84 Å². The van der Waals surface area contributed by atoms with Gasteiger partial charge in [0.25, 0.3) is 0 Å². The molecule has 0 spiro atoms. The van der Waals surface area contributed by atoms with Crippen molar-refractivity contribution in [3.63, 3.8) is 0 Å². The summed E-state index contributed by atoms with van der Waals surface area (Å²) in [6.07, 6.45) is 1.68. The SMILES string of the molecule is CCc1ccccc1NC1CCS(=O)(=O)C1. The first-order valence-electron chi connectivity index (χ1n) is 5.65. The van der Waals surface area contributed by atoms with E-state index >= 15 is 0 Å². The van der Waals surface area contributed by atoms with E-state index in [1.165, 1.54) is 5.56 Å².